The summed E-state index contributed by atoms with van der Waals surface area (Å²) >= 11 is 0. The number of hydrogen-bond acceptors (Lipinski definition) is 5. The topological polar surface area (TPSA) is 87.5 Å². The summed E-state index contributed by atoms with van der Waals surface area (Å²) in [7, 11) is -1.34. The van der Waals surface area contributed by atoms with Crippen LogP contribution in [0, 0.1) is 11.7 Å². The van der Waals surface area contributed by atoms with Gasteiger partial charge in [0.2, 0.25) is 10.0 Å². The first-order valence-corrected chi connectivity index (χ1v) is 18.1. The van der Waals surface area contributed by atoms with E-state index in [1.54, 1.807) is 37.7 Å². The number of nitrogens with one attached hydrogen (secondary N) is 1. The van der Waals surface area contributed by atoms with Gasteiger partial charge in [0.05, 0.1) is 29.6 Å². The molecule has 12 heteroatoms. The van der Waals surface area contributed by atoms with Crippen LogP contribution in [0.25, 0.3) is 22.0 Å². The fraction of sp³-hybridized carbons (Fsp3) is 0.588. The SMILES string of the molecule is CCS(=O)(=O)NC1CCC(CN2CCCC(c3cc(-c4ccc(F)cc4C(=O)N(CC(F)F)C(C)C)c4cnn(C)c4c3)C2)CC1. The number of aromatic nitrogens is 2. The summed E-state index contributed by atoms with van der Waals surface area (Å²) in [6, 6.07) is 7.76. The maximum atomic E-state index is 14.6. The molecule has 1 unspecified atom stereocenters. The molecular weight excluding hydrogens is 615 g/mol. The lowest BCUT2D eigenvalue weighted by molar-refractivity contribution is 0.0476. The quantitative estimate of drug-likeness (QED) is 0.266. The third-order valence-corrected chi connectivity index (χ3v) is 11.1. The van der Waals surface area contributed by atoms with Gasteiger partial charge in [-0.25, -0.2) is 26.3 Å². The second-order valence-electron chi connectivity index (χ2n) is 13.2. The van der Waals surface area contributed by atoms with E-state index in [1.165, 1.54) is 6.07 Å². The number of fused-ring (bicyclic) bond motifs is 1. The Kier molecular flexibility index (Phi) is 10.8. The first-order chi connectivity index (χ1) is 21.8. The average Bonchev–Trinajstić information content (AvgIpc) is 3.40. The molecule has 46 heavy (non-hydrogen) atoms. The highest BCUT2D eigenvalue weighted by Gasteiger charge is 2.30. The molecule has 252 valence electrons. The molecular formula is C34H46F3N5O3S. The number of carbonyl (C=O) groups excluding carboxylic acids is 1. The van der Waals surface area contributed by atoms with Crippen LogP contribution >= 0.6 is 0 Å². The third kappa shape index (κ3) is 7.94. The molecule has 0 spiro atoms. The van der Waals surface area contributed by atoms with Crippen LogP contribution in [0.15, 0.2) is 36.5 Å². The smallest absolute Gasteiger partial charge is 0.255 e. The molecule has 5 rings (SSSR count). The highest BCUT2D eigenvalue weighted by molar-refractivity contribution is 7.89. The van der Waals surface area contributed by atoms with Gasteiger partial charge in [-0.2, -0.15) is 5.10 Å². The van der Waals surface area contributed by atoms with Gasteiger partial charge in [-0.1, -0.05) is 6.07 Å². The van der Waals surface area contributed by atoms with E-state index in [0.29, 0.717) is 11.5 Å². The Morgan fingerprint density at radius 1 is 1.09 bits per heavy atom. The molecule has 1 saturated heterocycles. The predicted molar refractivity (Wildman–Crippen MR) is 175 cm³/mol. The number of alkyl halides is 2. The molecule has 2 fully saturated rings. The predicted octanol–water partition coefficient (Wildman–Crippen LogP) is 6.17. The van der Waals surface area contributed by atoms with E-state index in [0.717, 1.165) is 91.2 Å². The molecule has 0 radical (unpaired) electrons. The van der Waals surface area contributed by atoms with Gasteiger partial charge in [0.15, 0.2) is 0 Å². The number of piperidine rings is 1. The highest BCUT2D eigenvalue weighted by atomic mass is 32.2. The first kappa shape index (κ1) is 34.4. The number of hydrogen-bond donors (Lipinski definition) is 1. The Hall–Kier alpha value is -2.96. The molecule has 1 saturated carbocycles. The Labute approximate surface area is 270 Å². The minimum absolute atomic E-state index is 0.0190. The normalized spacial score (nSPS) is 21.4. The second kappa shape index (κ2) is 14.4. The van der Waals surface area contributed by atoms with E-state index < -0.39 is 40.8 Å². The van der Waals surface area contributed by atoms with Crippen LogP contribution < -0.4 is 4.72 Å². The number of carbonyl (C=O) groups is 1. The largest absolute Gasteiger partial charge is 0.330 e. The number of sulfonamides is 1. The molecule has 1 aliphatic heterocycles. The number of nitrogens with zero attached hydrogens (tertiary/aromatic N) is 4. The maximum Gasteiger partial charge on any atom is 0.255 e. The average molecular weight is 662 g/mol. The molecule has 2 heterocycles. The number of halogens is 3. The molecule has 8 nitrogen and oxygen atoms in total. The van der Waals surface area contributed by atoms with Crippen LogP contribution in [-0.4, -0.2) is 84.3 Å². The van der Waals surface area contributed by atoms with Crippen molar-refractivity contribution in [1.29, 1.82) is 0 Å². The van der Waals surface area contributed by atoms with Crippen molar-refractivity contribution in [3.63, 3.8) is 0 Å². The first-order valence-electron chi connectivity index (χ1n) is 16.4. The zero-order valence-corrected chi connectivity index (χ0v) is 28.0. The number of aryl methyl sites for hydroxylation is 1. The molecule has 1 atom stereocenters. The number of rotatable bonds is 11. The van der Waals surface area contributed by atoms with Gasteiger partial charge >= 0.3 is 0 Å². The van der Waals surface area contributed by atoms with Crippen molar-refractivity contribution in [2.24, 2.45) is 13.0 Å². The van der Waals surface area contributed by atoms with Crippen LogP contribution in [0.2, 0.25) is 0 Å². The highest BCUT2D eigenvalue weighted by Crippen LogP contribution is 2.38. The number of amides is 1. The van der Waals surface area contributed by atoms with E-state index in [4.69, 9.17) is 0 Å². The minimum Gasteiger partial charge on any atom is -0.330 e. The van der Waals surface area contributed by atoms with Gasteiger partial charge in [0.1, 0.15) is 5.82 Å². The lowest BCUT2D eigenvalue weighted by Gasteiger charge is -2.37. The lowest BCUT2D eigenvalue weighted by atomic mass is 9.84. The zero-order valence-electron chi connectivity index (χ0n) is 27.2. The molecule has 3 aromatic rings. The van der Waals surface area contributed by atoms with Gasteiger partial charge in [-0.05, 0) is 119 Å². The van der Waals surface area contributed by atoms with Crippen molar-refractivity contribution >= 4 is 26.8 Å². The molecule has 0 bridgehead atoms. The van der Waals surface area contributed by atoms with E-state index in [1.807, 2.05) is 7.05 Å². The van der Waals surface area contributed by atoms with Crippen LogP contribution in [0.3, 0.4) is 0 Å². The lowest BCUT2D eigenvalue weighted by Crippen LogP contribution is -2.42. The summed E-state index contributed by atoms with van der Waals surface area (Å²) < 4.78 is 70.2. The standard InChI is InChI=1S/C34H46F3N5O3S/c1-5-46(44,45)39-27-11-8-23(9-12-27)19-41-14-6-7-24(20-41)25-15-29(31-18-38-40(4)32(31)16-25)28-13-10-26(35)17-30(28)34(43)42(22(2)3)21-33(36)37/h10,13,15-18,22-24,27,33,39H,5-9,11-12,14,19-21H2,1-4H3. The maximum absolute atomic E-state index is 14.6. The van der Waals surface area contributed by atoms with Gasteiger partial charge in [-0.15, -0.1) is 0 Å². The van der Waals surface area contributed by atoms with Crippen LogP contribution in [0.1, 0.15) is 81.1 Å². The summed E-state index contributed by atoms with van der Waals surface area (Å²) in [5.41, 5.74) is 3.26. The fourth-order valence-electron chi connectivity index (χ4n) is 7.15. The summed E-state index contributed by atoms with van der Waals surface area (Å²) in [5, 5.41) is 5.29. The fourth-order valence-corrected chi connectivity index (χ4v) is 8.06. The summed E-state index contributed by atoms with van der Waals surface area (Å²) in [6.07, 6.45) is 4.73. The van der Waals surface area contributed by atoms with E-state index in [9.17, 15) is 26.4 Å². The Morgan fingerprint density at radius 3 is 2.50 bits per heavy atom. The molecule has 2 aromatic carbocycles. The number of benzene rings is 2. The summed E-state index contributed by atoms with van der Waals surface area (Å²) in [4.78, 5) is 17.3. The molecule has 2 aliphatic rings. The minimum atomic E-state index is -3.20. The third-order valence-electron chi connectivity index (χ3n) is 9.68. The van der Waals surface area contributed by atoms with E-state index in [2.05, 4.69) is 26.9 Å². The van der Waals surface area contributed by atoms with Crippen molar-refractivity contribution < 1.29 is 26.4 Å². The number of likely N-dealkylation sites (tertiary alicyclic amines) is 1. The van der Waals surface area contributed by atoms with Crippen molar-refractivity contribution in [2.75, 3.05) is 31.9 Å². The van der Waals surface area contributed by atoms with Crippen LogP contribution in [-0.2, 0) is 17.1 Å². The Bertz CT molecular complexity index is 1640. The summed E-state index contributed by atoms with van der Waals surface area (Å²) in [5.74, 6) is -0.395. The van der Waals surface area contributed by atoms with E-state index in [-0.39, 0.29) is 23.3 Å². The van der Waals surface area contributed by atoms with Crippen molar-refractivity contribution in [3.8, 4) is 11.1 Å². The molecule has 1 amide bonds. The Balaban J connectivity index is 1.40. The molecule has 1 aliphatic carbocycles. The van der Waals surface area contributed by atoms with Crippen molar-refractivity contribution in [3.05, 3.63) is 53.5 Å². The molecule has 1 N–H and O–H groups in total. The van der Waals surface area contributed by atoms with Gasteiger partial charge in [0, 0.05) is 37.6 Å². The molecule has 1 aromatic heterocycles. The Morgan fingerprint density at radius 2 is 1.83 bits per heavy atom. The van der Waals surface area contributed by atoms with Crippen molar-refractivity contribution in [2.45, 2.75) is 83.7 Å². The van der Waals surface area contributed by atoms with Crippen LogP contribution in [0.5, 0.6) is 0 Å². The monoisotopic (exact) mass is 661 g/mol. The van der Waals surface area contributed by atoms with Crippen molar-refractivity contribution in [1.82, 2.24) is 24.3 Å². The van der Waals surface area contributed by atoms with Gasteiger partial charge < -0.3 is 9.80 Å². The summed E-state index contributed by atoms with van der Waals surface area (Å²) in [6.45, 7) is 7.12. The van der Waals surface area contributed by atoms with E-state index >= 15 is 0 Å². The van der Waals surface area contributed by atoms with Gasteiger partial charge in [0.25, 0.3) is 12.3 Å². The second-order valence-corrected chi connectivity index (χ2v) is 15.3. The van der Waals surface area contributed by atoms with Gasteiger partial charge in [-0.3, -0.25) is 9.48 Å². The zero-order chi connectivity index (χ0) is 33.2. The van der Waals surface area contributed by atoms with Crippen LogP contribution in [0.4, 0.5) is 13.2 Å².